The summed E-state index contributed by atoms with van der Waals surface area (Å²) in [5.41, 5.74) is 0. The lowest BCUT2D eigenvalue weighted by Crippen LogP contribution is -2.08. The van der Waals surface area contributed by atoms with E-state index in [1.807, 2.05) is 0 Å². The molecule has 0 fully saturated rings. The molecule has 1 nitrogen and oxygen atoms in total. The highest BCUT2D eigenvalue weighted by Crippen LogP contribution is 2.35. The molecule has 3 aromatic rings. The van der Waals surface area contributed by atoms with Crippen LogP contribution in [-0.2, 0) is 10.9 Å². The van der Waals surface area contributed by atoms with Gasteiger partial charge in [0.15, 0.2) is 32.1 Å². The number of halogens is 6. The first-order valence-corrected chi connectivity index (χ1v) is 8.31. The lowest BCUT2D eigenvalue weighted by molar-refractivity contribution is 0.394. The van der Waals surface area contributed by atoms with Gasteiger partial charge in [-0.3, -0.25) is 0 Å². The predicted molar refractivity (Wildman–Crippen MR) is 82.9 cm³/mol. The van der Waals surface area contributed by atoms with E-state index < -0.39 is 51.5 Å². The number of aromatic hydroxyl groups is 1. The summed E-state index contributed by atoms with van der Waals surface area (Å²) >= 11 is 0. The average Bonchev–Trinajstić information content (AvgIpc) is 2.51. The molecule has 0 aliphatic heterocycles. The second-order valence-electron chi connectivity index (χ2n) is 5.25. The zero-order valence-electron chi connectivity index (χ0n) is 12.7. The van der Waals surface area contributed by atoms with Gasteiger partial charge in [0.2, 0.25) is 0 Å². The summed E-state index contributed by atoms with van der Waals surface area (Å²) in [6.07, 6.45) is 0. The van der Waals surface area contributed by atoms with Crippen molar-refractivity contribution in [1.82, 2.24) is 0 Å². The number of hydrogen-bond acceptors (Lipinski definition) is 1. The maximum absolute atomic E-state index is 13.8. The van der Waals surface area contributed by atoms with Crippen LogP contribution in [0.1, 0.15) is 0 Å². The Kier molecular flexibility index (Phi) is 4.86. The topological polar surface area (TPSA) is 20.2 Å². The van der Waals surface area contributed by atoms with Gasteiger partial charge in [0.05, 0.1) is 10.9 Å². The van der Waals surface area contributed by atoms with Crippen molar-refractivity contribution in [1.29, 1.82) is 0 Å². The SMILES string of the molecule is Oc1c(F)cc([S+](c2cc(F)cc(F)c2)c2cc(F)cc(F)c2)cc1F. The van der Waals surface area contributed by atoms with E-state index in [1.54, 1.807) is 0 Å². The molecule has 0 atom stereocenters. The van der Waals surface area contributed by atoms with Crippen LogP contribution in [0.15, 0.2) is 63.2 Å². The van der Waals surface area contributed by atoms with Crippen molar-refractivity contribution in [3.8, 4) is 5.75 Å². The zero-order chi connectivity index (χ0) is 19.0. The molecule has 0 unspecified atom stereocenters. The first-order valence-electron chi connectivity index (χ1n) is 7.09. The number of hydrogen-bond donors (Lipinski definition) is 1. The fraction of sp³-hybridized carbons (Fsp3) is 0. The Morgan fingerprint density at radius 2 is 0.808 bits per heavy atom. The molecule has 0 amide bonds. The van der Waals surface area contributed by atoms with Gasteiger partial charge < -0.3 is 5.11 Å². The van der Waals surface area contributed by atoms with Crippen LogP contribution in [0.4, 0.5) is 26.3 Å². The van der Waals surface area contributed by atoms with Gasteiger partial charge >= 0.3 is 0 Å². The molecule has 3 aromatic carbocycles. The molecule has 1 N–H and O–H groups in total. The summed E-state index contributed by atoms with van der Waals surface area (Å²) < 4.78 is 82.1. The monoisotopic (exact) mass is 387 g/mol. The highest BCUT2D eigenvalue weighted by Gasteiger charge is 2.33. The Morgan fingerprint density at radius 3 is 1.15 bits per heavy atom. The fourth-order valence-electron chi connectivity index (χ4n) is 2.36. The first kappa shape index (κ1) is 18.2. The van der Waals surface area contributed by atoms with Crippen molar-refractivity contribution in [3.05, 3.63) is 83.4 Å². The van der Waals surface area contributed by atoms with Gasteiger partial charge in [0.1, 0.15) is 23.3 Å². The summed E-state index contributed by atoms with van der Waals surface area (Å²) in [6, 6.07) is 6.27. The molecule has 0 saturated carbocycles. The third-order valence-corrected chi connectivity index (χ3v) is 5.49. The molecule has 0 heterocycles. The van der Waals surface area contributed by atoms with Crippen molar-refractivity contribution in [2.45, 2.75) is 14.7 Å². The van der Waals surface area contributed by atoms with Crippen molar-refractivity contribution >= 4 is 10.9 Å². The Hall–Kier alpha value is -2.61. The highest BCUT2D eigenvalue weighted by molar-refractivity contribution is 7.97. The van der Waals surface area contributed by atoms with E-state index in [1.165, 1.54) is 0 Å². The van der Waals surface area contributed by atoms with E-state index in [4.69, 9.17) is 0 Å². The second-order valence-corrected chi connectivity index (χ2v) is 7.28. The fourth-order valence-corrected chi connectivity index (χ4v) is 4.54. The van der Waals surface area contributed by atoms with E-state index in [0.29, 0.717) is 12.1 Å². The minimum absolute atomic E-state index is 0.0861. The molecule has 0 radical (unpaired) electrons. The molecule has 0 aliphatic carbocycles. The molecule has 0 aliphatic rings. The number of rotatable bonds is 3. The second kappa shape index (κ2) is 6.95. The zero-order valence-corrected chi connectivity index (χ0v) is 13.6. The summed E-state index contributed by atoms with van der Waals surface area (Å²) in [5, 5.41) is 9.24. The number of benzene rings is 3. The Balaban J connectivity index is 2.28. The standard InChI is InChI=1S/C18H8F6OS/c19-9-1-10(20)4-13(3-9)26(14-5-11(21)2-12(22)6-14)15-7-16(23)18(25)17(24)8-15/h1-8H/p+1. The van der Waals surface area contributed by atoms with Crippen LogP contribution in [0.5, 0.6) is 5.75 Å². The lowest BCUT2D eigenvalue weighted by atomic mass is 10.3. The van der Waals surface area contributed by atoms with Crippen LogP contribution in [0.2, 0.25) is 0 Å². The van der Waals surface area contributed by atoms with Gasteiger partial charge in [-0.25, -0.2) is 26.3 Å². The smallest absolute Gasteiger partial charge is 0.188 e. The number of phenolic OH excluding ortho intramolecular Hbond substituents is 1. The lowest BCUT2D eigenvalue weighted by Gasteiger charge is -2.10. The Bertz CT molecular complexity index is 876. The van der Waals surface area contributed by atoms with Gasteiger partial charge in [-0.05, 0) is 0 Å². The molecular weight excluding hydrogens is 378 g/mol. The minimum atomic E-state index is -1.64. The van der Waals surface area contributed by atoms with Crippen molar-refractivity contribution in [3.63, 3.8) is 0 Å². The Labute approximate surface area is 146 Å². The normalized spacial score (nSPS) is 11.2. The van der Waals surface area contributed by atoms with Crippen LogP contribution in [0.3, 0.4) is 0 Å². The maximum atomic E-state index is 13.8. The van der Waals surface area contributed by atoms with E-state index in [0.717, 1.165) is 36.4 Å². The highest BCUT2D eigenvalue weighted by atomic mass is 32.2. The van der Waals surface area contributed by atoms with E-state index in [-0.39, 0.29) is 14.7 Å². The molecule has 0 aromatic heterocycles. The molecule has 0 bridgehead atoms. The van der Waals surface area contributed by atoms with Crippen LogP contribution < -0.4 is 0 Å². The molecule has 0 saturated heterocycles. The largest absolute Gasteiger partial charge is 0.503 e. The molecule has 26 heavy (non-hydrogen) atoms. The molecule has 3 rings (SSSR count). The van der Waals surface area contributed by atoms with Gasteiger partial charge in [0, 0.05) is 48.5 Å². The molecule has 134 valence electrons. The summed E-state index contributed by atoms with van der Waals surface area (Å²) in [7, 11) is -1.64. The quantitative estimate of drug-likeness (QED) is 0.476. The first-order chi connectivity index (χ1) is 12.2. The van der Waals surface area contributed by atoms with Crippen LogP contribution in [0, 0.1) is 34.9 Å². The predicted octanol–water partition coefficient (Wildman–Crippen LogP) is 5.32. The summed E-state index contributed by atoms with van der Waals surface area (Å²) in [6.45, 7) is 0. The third-order valence-electron chi connectivity index (χ3n) is 3.37. The minimum Gasteiger partial charge on any atom is -0.503 e. The third kappa shape index (κ3) is 3.65. The van der Waals surface area contributed by atoms with E-state index >= 15 is 0 Å². The van der Waals surface area contributed by atoms with E-state index in [9.17, 15) is 31.4 Å². The van der Waals surface area contributed by atoms with Crippen molar-refractivity contribution < 1.29 is 31.4 Å². The maximum Gasteiger partial charge on any atom is 0.188 e. The van der Waals surface area contributed by atoms with Gasteiger partial charge in [0.25, 0.3) is 0 Å². The van der Waals surface area contributed by atoms with Crippen LogP contribution >= 0.6 is 0 Å². The molecular formula is C18H9F6OS+. The van der Waals surface area contributed by atoms with Crippen LogP contribution in [-0.4, -0.2) is 5.11 Å². The van der Waals surface area contributed by atoms with Crippen molar-refractivity contribution in [2.75, 3.05) is 0 Å². The van der Waals surface area contributed by atoms with Gasteiger partial charge in [-0.2, -0.15) is 0 Å². The summed E-state index contributed by atoms with van der Waals surface area (Å²) in [4.78, 5) is -0.332. The van der Waals surface area contributed by atoms with Crippen LogP contribution in [0.25, 0.3) is 0 Å². The van der Waals surface area contributed by atoms with E-state index in [2.05, 4.69) is 0 Å². The molecule has 0 spiro atoms. The van der Waals surface area contributed by atoms with Gasteiger partial charge in [-0.15, -0.1) is 0 Å². The summed E-state index contributed by atoms with van der Waals surface area (Å²) in [5.74, 6) is -7.71. The van der Waals surface area contributed by atoms with Crippen molar-refractivity contribution in [2.24, 2.45) is 0 Å². The molecule has 8 heteroatoms. The van der Waals surface area contributed by atoms with Gasteiger partial charge in [-0.1, -0.05) is 0 Å². The number of phenols is 1. The average molecular weight is 387 g/mol. The Morgan fingerprint density at radius 1 is 0.500 bits per heavy atom.